The van der Waals surface area contributed by atoms with Gasteiger partial charge >= 0.3 is 12.3 Å². The summed E-state index contributed by atoms with van der Waals surface area (Å²) in [6.45, 7) is 3.35. The molecule has 4 rings (SSSR count). The maximum Gasteiger partial charge on any atom is 0.425 e. The van der Waals surface area contributed by atoms with Gasteiger partial charge < -0.3 is 14.5 Å². The highest BCUT2D eigenvalue weighted by molar-refractivity contribution is 7.97. The first-order chi connectivity index (χ1) is 17.3. The van der Waals surface area contributed by atoms with Crippen LogP contribution in [0.4, 0.5) is 18.9 Å². The fourth-order valence-corrected chi connectivity index (χ4v) is 5.23. The van der Waals surface area contributed by atoms with Gasteiger partial charge in [-0.05, 0) is 60.8 Å². The first-order valence-electron chi connectivity index (χ1n) is 11.0. The van der Waals surface area contributed by atoms with E-state index < -0.39 is 28.0 Å². The summed E-state index contributed by atoms with van der Waals surface area (Å²) in [7, 11) is -3.68. The van der Waals surface area contributed by atoms with E-state index in [1.165, 1.54) is 15.4 Å². The highest BCUT2D eigenvalue weighted by Gasteiger charge is 2.39. The fraction of sp³-hybridized carbons (Fsp3) is 0.391. The van der Waals surface area contributed by atoms with Crippen molar-refractivity contribution in [1.29, 1.82) is 0 Å². The summed E-state index contributed by atoms with van der Waals surface area (Å²) in [5, 5.41) is 0. The van der Waals surface area contributed by atoms with Crippen LogP contribution in [0.3, 0.4) is 0 Å². The molecule has 9 nitrogen and oxygen atoms in total. The standard InChI is InChI=1S/C22H24F3N3O4S2.CO2/c1-14(22(23,24)25)32-19-5-4-17(34(2,30)31)12-18(19)21(29)28-9-7-27(8-10-28)16-3-6-20-15(11-16)13-26-33-20;2-1-3/h3-6,11-12,14,26H,7-10,13H2,1-2H3;/t14-;/m0./s1. The number of hydrogen-bond acceptors (Lipinski definition) is 9. The lowest BCUT2D eigenvalue weighted by atomic mass is 10.1. The first kappa shape index (κ1) is 28.5. The number of anilines is 1. The molecule has 1 amide bonds. The van der Waals surface area contributed by atoms with Crippen molar-refractivity contribution < 1.29 is 40.7 Å². The Hall–Kier alpha value is -3.06. The van der Waals surface area contributed by atoms with Gasteiger partial charge in [0, 0.05) is 49.6 Å². The maximum atomic E-state index is 13.3. The molecule has 14 heteroatoms. The second kappa shape index (κ2) is 11.5. The number of ether oxygens (including phenoxy) is 1. The van der Waals surface area contributed by atoms with Crippen molar-refractivity contribution in [2.45, 2.75) is 35.5 Å². The number of carbonyl (C=O) groups excluding carboxylic acids is 3. The van der Waals surface area contributed by atoms with E-state index in [1.54, 1.807) is 11.9 Å². The summed E-state index contributed by atoms with van der Waals surface area (Å²) in [6.07, 6.45) is -5.57. The van der Waals surface area contributed by atoms with Crippen molar-refractivity contribution in [3.63, 3.8) is 0 Å². The third kappa shape index (κ3) is 7.04. The molecule has 1 fully saturated rings. The van der Waals surface area contributed by atoms with Crippen molar-refractivity contribution in [1.82, 2.24) is 9.62 Å². The molecule has 2 aliphatic heterocycles. The zero-order valence-corrected chi connectivity index (χ0v) is 21.5. The lowest BCUT2D eigenvalue weighted by Gasteiger charge is -2.36. The van der Waals surface area contributed by atoms with Crippen LogP contribution >= 0.6 is 11.9 Å². The lowest BCUT2D eigenvalue weighted by Crippen LogP contribution is -2.49. The molecular formula is C23H24F3N3O6S2. The van der Waals surface area contributed by atoms with E-state index >= 15 is 0 Å². The SMILES string of the molecule is C[C@H](Oc1ccc(S(C)(=O)=O)cc1C(=O)N1CCN(c2ccc3c(c2)CNS3)CC1)C(F)(F)F.O=C=O. The quantitative estimate of drug-likeness (QED) is 0.553. The maximum absolute atomic E-state index is 13.3. The molecule has 0 aliphatic carbocycles. The number of rotatable bonds is 5. The molecular weight excluding hydrogens is 535 g/mol. The Balaban J connectivity index is 0.00000121. The molecule has 2 aromatic rings. The zero-order valence-electron chi connectivity index (χ0n) is 19.9. The number of piperazine rings is 1. The molecule has 1 N–H and O–H groups in total. The Labute approximate surface area is 216 Å². The molecule has 0 aromatic heterocycles. The van der Waals surface area contributed by atoms with Gasteiger partial charge in [-0.1, -0.05) is 0 Å². The normalized spacial score (nSPS) is 16.2. The second-order valence-corrected chi connectivity index (χ2v) is 11.3. The van der Waals surface area contributed by atoms with E-state index in [0.717, 1.165) is 43.6 Å². The predicted molar refractivity (Wildman–Crippen MR) is 128 cm³/mol. The van der Waals surface area contributed by atoms with E-state index in [2.05, 4.69) is 21.8 Å². The minimum absolute atomic E-state index is 0.161. The number of fused-ring (bicyclic) bond motifs is 1. The summed E-state index contributed by atoms with van der Waals surface area (Å²) in [6, 6.07) is 9.53. The average molecular weight is 560 g/mol. The Morgan fingerprint density at radius 3 is 2.35 bits per heavy atom. The molecule has 0 unspecified atom stereocenters. The highest BCUT2D eigenvalue weighted by Crippen LogP contribution is 2.32. The van der Waals surface area contributed by atoms with Gasteiger partial charge in [-0.3, -0.25) is 9.52 Å². The third-order valence-electron chi connectivity index (χ3n) is 5.80. The predicted octanol–water partition coefficient (Wildman–Crippen LogP) is 2.91. The van der Waals surface area contributed by atoms with E-state index in [9.17, 15) is 26.4 Å². The van der Waals surface area contributed by atoms with Gasteiger partial charge in [0.2, 0.25) is 0 Å². The molecule has 2 heterocycles. The van der Waals surface area contributed by atoms with Crippen molar-refractivity contribution >= 4 is 39.5 Å². The van der Waals surface area contributed by atoms with Crippen LogP contribution in [0.2, 0.25) is 0 Å². The van der Waals surface area contributed by atoms with Crippen LogP contribution in [-0.2, 0) is 26.0 Å². The average Bonchev–Trinajstić information content (AvgIpc) is 3.31. The summed E-state index contributed by atoms with van der Waals surface area (Å²) < 4.78 is 71.4. The lowest BCUT2D eigenvalue weighted by molar-refractivity contribution is -0.192. The smallest absolute Gasteiger partial charge is 0.425 e. The largest absolute Gasteiger partial charge is 0.480 e. The number of benzene rings is 2. The van der Waals surface area contributed by atoms with Crippen molar-refractivity contribution in [3.05, 3.63) is 47.5 Å². The summed E-state index contributed by atoms with van der Waals surface area (Å²) >= 11 is 1.59. The molecule has 0 bridgehead atoms. The summed E-state index contributed by atoms with van der Waals surface area (Å²) in [5.74, 6) is -0.864. The molecule has 0 saturated carbocycles. The Morgan fingerprint density at radius 1 is 1.11 bits per heavy atom. The molecule has 37 heavy (non-hydrogen) atoms. The van der Waals surface area contributed by atoms with E-state index in [1.807, 2.05) is 6.07 Å². The number of nitrogens with one attached hydrogen (secondary N) is 1. The number of alkyl halides is 3. The number of hydrogen-bond donors (Lipinski definition) is 1. The van der Waals surface area contributed by atoms with Crippen molar-refractivity contribution in [3.8, 4) is 5.75 Å². The third-order valence-corrected chi connectivity index (χ3v) is 7.81. The minimum atomic E-state index is -4.63. The van der Waals surface area contributed by atoms with E-state index in [-0.39, 0.29) is 22.4 Å². The van der Waals surface area contributed by atoms with E-state index in [4.69, 9.17) is 14.3 Å². The first-order valence-corrected chi connectivity index (χ1v) is 13.7. The topological polar surface area (TPSA) is 113 Å². The van der Waals surface area contributed by atoms with Crippen LogP contribution in [0.5, 0.6) is 5.75 Å². The second-order valence-electron chi connectivity index (χ2n) is 8.31. The van der Waals surface area contributed by atoms with Gasteiger partial charge in [-0.15, -0.1) is 0 Å². The van der Waals surface area contributed by atoms with Crippen LogP contribution in [0.25, 0.3) is 0 Å². The monoisotopic (exact) mass is 559 g/mol. The minimum Gasteiger partial charge on any atom is -0.480 e. The van der Waals surface area contributed by atoms with E-state index in [0.29, 0.717) is 26.2 Å². The van der Waals surface area contributed by atoms with Gasteiger partial charge in [0.15, 0.2) is 15.9 Å². The summed E-state index contributed by atoms with van der Waals surface area (Å²) in [5.41, 5.74) is 2.05. The molecule has 0 spiro atoms. The highest BCUT2D eigenvalue weighted by atomic mass is 32.2. The molecule has 0 radical (unpaired) electrons. The van der Waals surface area contributed by atoms with Gasteiger partial charge in [0.1, 0.15) is 5.75 Å². The number of amides is 1. The van der Waals surface area contributed by atoms with Crippen molar-refractivity contribution in [2.24, 2.45) is 0 Å². The molecule has 1 saturated heterocycles. The molecule has 1 atom stereocenters. The zero-order chi connectivity index (χ0) is 27.4. The summed E-state index contributed by atoms with van der Waals surface area (Å²) in [4.78, 5) is 34.2. The van der Waals surface area contributed by atoms with Crippen LogP contribution in [0.15, 0.2) is 46.2 Å². The molecule has 2 aromatic carbocycles. The van der Waals surface area contributed by atoms with Crippen LogP contribution in [0.1, 0.15) is 22.8 Å². The molecule has 200 valence electrons. The van der Waals surface area contributed by atoms with Gasteiger partial charge in [-0.2, -0.15) is 22.8 Å². The van der Waals surface area contributed by atoms with Gasteiger partial charge in [-0.25, -0.2) is 8.42 Å². The Bertz CT molecular complexity index is 1290. The number of halogens is 3. The number of nitrogens with zero attached hydrogens (tertiary/aromatic N) is 2. The number of carbonyl (C=O) groups is 1. The fourth-order valence-electron chi connectivity index (χ4n) is 3.80. The molecule has 2 aliphatic rings. The van der Waals surface area contributed by atoms with Gasteiger partial charge in [0.25, 0.3) is 5.91 Å². The van der Waals surface area contributed by atoms with Gasteiger partial charge in [0.05, 0.1) is 10.5 Å². The number of sulfone groups is 1. The van der Waals surface area contributed by atoms with Crippen LogP contribution in [0, 0.1) is 0 Å². The van der Waals surface area contributed by atoms with Crippen molar-refractivity contribution in [2.75, 3.05) is 37.3 Å². The van der Waals surface area contributed by atoms with Crippen LogP contribution < -0.4 is 14.4 Å². The Morgan fingerprint density at radius 2 is 1.76 bits per heavy atom. The Kier molecular flexibility index (Phi) is 8.90. The van der Waals surface area contributed by atoms with Crippen LogP contribution in [-0.4, -0.2) is 70.1 Å².